The topological polar surface area (TPSA) is 55.4 Å². The van der Waals surface area contributed by atoms with Crippen LogP contribution in [-0.4, -0.2) is 23.5 Å². The molecule has 0 aromatic carbocycles. The molecule has 2 aliphatic rings. The lowest BCUT2D eigenvalue weighted by atomic mass is 10.2. The fourth-order valence-corrected chi connectivity index (χ4v) is 2.27. The lowest BCUT2D eigenvalue weighted by Crippen LogP contribution is -2.35. The van der Waals surface area contributed by atoms with E-state index >= 15 is 0 Å². The van der Waals surface area contributed by atoms with Crippen molar-refractivity contribution < 1.29 is 14.3 Å². The second-order valence-electron chi connectivity index (χ2n) is 5.45. The van der Waals surface area contributed by atoms with E-state index in [1.54, 1.807) is 0 Å². The van der Waals surface area contributed by atoms with Crippen LogP contribution < -0.4 is 5.32 Å². The number of amides is 1. The maximum atomic E-state index is 11.4. The summed E-state index contributed by atoms with van der Waals surface area (Å²) >= 11 is 0. The Morgan fingerprint density at radius 1 is 1.33 bits per heavy atom. The van der Waals surface area contributed by atoms with Gasteiger partial charge in [-0.3, -0.25) is 4.79 Å². The van der Waals surface area contributed by atoms with Crippen molar-refractivity contribution >= 4 is 11.9 Å². The Morgan fingerprint density at radius 2 is 1.87 bits per heavy atom. The molecule has 2 aliphatic carbocycles. The van der Waals surface area contributed by atoms with Crippen molar-refractivity contribution in [3.63, 3.8) is 0 Å². The summed E-state index contributed by atoms with van der Waals surface area (Å²) in [5.74, 6) is 1.09. The molecule has 4 heteroatoms. The molecule has 2 fully saturated rings. The second kappa shape index (κ2) is 3.22. The summed E-state index contributed by atoms with van der Waals surface area (Å²) in [6.45, 7) is 5.51. The number of ketones is 1. The molecule has 0 radical (unpaired) electrons. The molecule has 1 N–H and O–H groups in total. The van der Waals surface area contributed by atoms with Crippen molar-refractivity contribution in [3.8, 4) is 0 Å². The van der Waals surface area contributed by atoms with Crippen molar-refractivity contribution in [1.29, 1.82) is 0 Å². The third kappa shape index (κ3) is 2.30. The summed E-state index contributed by atoms with van der Waals surface area (Å²) in [5.41, 5.74) is -0.454. The first kappa shape index (κ1) is 10.5. The van der Waals surface area contributed by atoms with Gasteiger partial charge in [0.25, 0.3) is 0 Å². The van der Waals surface area contributed by atoms with Gasteiger partial charge in [0.1, 0.15) is 11.4 Å². The molecule has 15 heavy (non-hydrogen) atoms. The summed E-state index contributed by atoms with van der Waals surface area (Å²) in [4.78, 5) is 22.4. The zero-order valence-corrected chi connectivity index (χ0v) is 9.37. The maximum absolute atomic E-state index is 11.4. The van der Waals surface area contributed by atoms with Crippen LogP contribution in [0.1, 0.15) is 33.6 Å². The number of ether oxygens (including phenoxy) is 1. The van der Waals surface area contributed by atoms with Crippen LogP contribution in [0.25, 0.3) is 0 Å². The molecule has 2 unspecified atom stereocenters. The van der Waals surface area contributed by atoms with Crippen LogP contribution in [-0.2, 0) is 9.53 Å². The van der Waals surface area contributed by atoms with Gasteiger partial charge in [0.05, 0.1) is 0 Å². The minimum absolute atomic E-state index is 0.178. The fourth-order valence-electron chi connectivity index (χ4n) is 2.27. The Balaban J connectivity index is 1.76. The lowest BCUT2D eigenvalue weighted by molar-refractivity contribution is -0.118. The summed E-state index contributed by atoms with van der Waals surface area (Å²) in [6, 6.07) is 0.178. The zero-order chi connectivity index (χ0) is 11.2. The number of Topliss-reactive ketones (excluding diaryl/α,β-unsaturated/α-hetero) is 1. The summed E-state index contributed by atoms with van der Waals surface area (Å²) < 4.78 is 5.15. The van der Waals surface area contributed by atoms with Crippen LogP contribution in [0, 0.1) is 11.8 Å². The average Bonchev–Trinajstić information content (AvgIpc) is 2.54. The third-order valence-electron chi connectivity index (χ3n) is 2.94. The summed E-state index contributed by atoms with van der Waals surface area (Å²) in [7, 11) is 0. The number of rotatable bonds is 1. The predicted molar refractivity (Wildman–Crippen MR) is 54.4 cm³/mol. The van der Waals surface area contributed by atoms with Gasteiger partial charge in [0.2, 0.25) is 0 Å². The number of hydrogen-bond donors (Lipinski definition) is 1. The van der Waals surface area contributed by atoms with Crippen LogP contribution in [0.5, 0.6) is 0 Å². The molecular formula is C11H17NO3. The van der Waals surface area contributed by atoms with Gasteiger partial charge in [-0.15, -0.1) is 0 Å². The van der Waals surface area contributed by atoms with E-state index in [9.17, 15) is 9.59 Å². The Kier molecular flexibility index (Phi) is 2.24. The molecule has 0 aromatic heterocycles. The van der Waals surface area contributed by atoms with Gasteiger partial charge in [-0.25, -0.2) is 4.79 Å². The summed E-state index contributed by atoms with van der Waals surface area (Å²) in [6.07, 6.45) is 0.894. The molecule has 2 rings (SSSR count). The highest BCUT2D eigenvalue weighted by Crippen LogP contribution is 2.50. The Bertz CT molecular complexity index is 291. The van der Waals surface area contributed by atoms with E-state index in [0.29, 0.717) is 30.5 Å². The van der Waals surface area contributed by atoms with E-state index in [1.165, 1.54) is 0 Å². The van der Waals surface area contributed by atoms with Crippen LogP contribution in [0.4, 0.5) is 4.79 Å². The van der Waals surface area contributed by atoms with Gasteiger partial charge in [-0.1, -0.05) is 0 Å². The molecule has 2 saturated carbocycles. The van der Waals surface area contributed by atoms with Crippen molar-refractivity contribution in [2.24, 2.45) is 11.8 Å². The number of carbonyl (C=O) groups excluding carboxylic acids is 2. The number of fused-ring (bicyclic) bond motifs is 1. The number of nitrogens with one attached hydrogen (secondary N) is 1. The fraction of sp³-hybridized carbons (Fsp3) is 0.818. The normalized spacial score (nSPS) is 33.5. The van der Waals surface area contributed by atoms with Gasteiger partial charge >= 0.3 is 6.09 Å². The second-order valence-corrected chi connectivity index (χ2v) is 5.45. The molecule has 0 aliphatic heterocycles. The van der Waals surface area contributed by atoms with Gasteiger partial charge in [-0.05, 0) is 32.6 Å². The van der Waals surface area contributed by atoms with Gasteiger partial charge in [0, 0.05) is 18.9 Å². The van der Waals surface area contributed by atoms with Crippen molar-refractivity contribution in [1.82, 2.24) is 5.32 Å². The van der Waals surface area contributed by atoms with Crippen LogP contribution >= 0.6 is 0 Å². The Morgan fingerprint density at radius 3 is 2.33 bits per heavy atom. The van der Waals surface area contributed by atoms with Crippen LogP contribution in [0.15, 0.2) is 0 Å². The van der Waals surface area contributed by atoms with E-state index in [4.69, 9.17) is 4.74 Å². The van der Waals surface area contributed by atoms with Gasteiger partial charge in [0.15, 0.2) is 0 Å². The quantitative estimate of drug-likeness (QED) is 0.715. The molecule has 4 nitrogen and oxygen atoms in total. The standard InChI is InChI=1S/C11H17NO3/c1-11(2,3)15-10(14)12-9-7-4-6(13)5-8(7)9/h7-9H,4-5H2,1-3H3,(H,12,14). The largest absolute Gasteiger partial charge is 0.444 e. The first-order valence-electron chi connectivity index (χ1n) is 5.38. The first-order chi connectivity index (χ1) is 6.87. The van der Waals surface area contributed by atoms with E-state index in [1.807, 2.05) is 20.8 Å². The van der Waals surface area contributed by atoms with E-state index in [0.717, 1.165) is 0 Å². The van der Waals surface area contributed by atoms with Crippen LogP contribution in [0.2, 0.25) is 0 Å². The lowest BCUT2D eigenvalue weighted by Gasteiger charge is -2.20. The highest BCUT2D eigenvalue weighted by molar-refractivity contribution is 5.84. The SMILES string of the molecule is CC(C)(C)OC(=O)NC1C2CC(=O)CC21. The maximum Gasteiger partial charge on any atom is 0.407 e. The minimum Gasteiger partial charge on any atom is -0.444 e. The van der Waals surface area contributed by atoms with E-state index in [-0.39, 0.29) is 12.1 Å². The predicted octanol–water partition coefficient (Wildman–Crippen LogP) is 1.49. The minimum atomic E-state index is -0.454. The molecule has 0 saturated heterocycles. The number of alkyl carbamates (subject to hydrolysis) is 1. The number of hydrogen-bond acceptors (Lipinski definition) is 3. The molecule has 0 aromatic rings. The van der Waals surface area contributed by atoms with Gasteiger partial charge < -0.3 is 10.1 Å². The molecule has 0 bridgehead atoms. The Hall–Kier alpha value is -1.06. The van der Waals surface area contributed by atoms with Crippen molar-refractivity contribution in [2.45, 2.75) is 45.3 Å². The molecule has 2 atom stereocenters. The first-order valence-corrected chi connectivity index (χ1v) is 5.38. The number of carbonyl (C=O) groups is 2. The van der Waals surface area contributed by atoms with Gasteiger partial charge in [-0.2, -0.15) is 0 Å². The Labute approximate surface area is 89.4 Å². The molecular weight excluding hydrogens is 194 g/mol. The molecule has 0 spiro atoms. The highest BCUT2D eigenvalue weighted by Gasteiger charge is 2.56. The smallest absolute Gasteiger partial charge is 0.407 e. The molecule has 1 amide bonds. The third-order valence-corrected chi connectivity index (χ3v) is 2.94. The highest BCUT2D eigenvalue weighted by atomic mass is 16.6. The van der Waals surface area contributed by atoms with E-state index in [2.05, 4.69) is 5.32 Å². The molecule has 0 heterocycles. The van der Waals surface area contributed by atoms with Crippen molar-refractivity contribution in [2.75, 3.05) is 0 Å². The monoisotopic (exact) mass is 211 g/mol. The average molecular weight is 211 g/mol. The summed E-state index contributed by atoms with van der Waals surface area (Å²) in [5, 5.41) is 2.82. The van der Waals surface area contributed by atoms with E-state index < -0.39 is 5.60 Å². The van der Waals surface area contributed by atoms with Crippen LogP contribution in [0.3, 0.4) is 0 Å². The van der Waals surface area contributed by atoms with Crippen molar-refractivity contribution in [3.05, 3.63) is 0 Å². The zero-order valence-electron chi connectivity index (χ0n) is 9.37. The molecule has 84 valence electrons.